The van der Waals surface area contributed by atoms with Crippen molar-refractivity contribution in [1.29, 1.82) is 0 Å². The van der Waals surface area contributed by atoms with Gasteiger partial charge >= 0.3 is 0 Å². The lowest BCUT2D eigenvalue weighted by Gasteiger charge is -2.09. The summed E-state index contributed by atoms with van der Waals surface area (Å²) >= 11 is 1.43. The van der Waals surface area contributed by atoms with E-state index in [9.17, 15) is 4.79 Å². The molecule has 0 fully saturated rings. The summed E-state index contributed by atoms with van der Waals surface area (Å²) in [4.78, 5) is 12.3. The molecular formula is C15H20N4OS. The lowest BCUT2D eigenvalue weighted by Crippen LogP contribution is -2.14. The van der Waals surface area contributed by atoms with Crippen LogP contribution in [-0.2, 0) is 6.42 Å². The van der Waals surface area contributed by atoms with Gasteiger partial charge < -0.3 is 5.32 Å². The average Bonchev–Trinajstić information content (AvgIpc) is 2.86. The molecule has 0 saturated carbocycles. The lowest BCUT2D eigenvalue weighted by atomic mass is 10.1. The minimum absolute atomic E-state index is 0.168. The number of hydrogen-bond donors (Lipinski definition) is 2. The van der Waals surface area contributed by atoms with Crippen molar-refractivity contribution in [1.82, 2.24) is 10.2 Å². The van der Waals surface area contributed by atoms with Gasteiger partial charge in [-0.15, -0.1) is 10.2 Å². The second-order valence-corrected chi connectivity index (χ2v) is 6.19. The maximum atomic E-state index is 12.3. The highest BCUT2D eigenvalue weighted by Crippen LogP contribution is 2.21. The van der Waals surface area contributed by atoms with Gasteiger partial charge in [0.1, 0.15) is 5.01 Å². The van der Waals surface area contributed by atoms with Crippen LogP contribution in [0.5, 0.6) is 0 Å². The molecule has 1 heterocycles. The van der Waals surface area contributed by atoms with Crippen LogP contribution in [-0.4, -0.2) is 22.6 Å². The van der Waals surface area contributed by atoms with Gasteiger partial charge in [0.2, 0.25) is 5.13 Å². The van der Waals surface area contributed by atoms with Crippen molar-refractivity contribution in [3.63, 3.8) is 0 Å². The second kappa shape index (κ2) is 7.17. The highest BCUT2D eigenvalue weighted by Gasteiger charge is 2.13. The summed E-state index contributed by atoms with van der Waals surface area (Å²) in [5.74, 6) is 0.356. The standard InChI is InChI=1S/C15H20N4OS/c1-4-16-12-8-6-5-7-11(12)14(20)17-15-19-18-13(21-15)9-10(2)3/h5-8,10,16H,4,9H2,1-3H3,(H,17,19,20). The van der Waals surface area contributed by atoms with Crippen molar-refractivity contribution in [2.75, 3.05) is 17.2 Å². The Morgan fingerprint density at radius 1 is 1.29 bits per heavy atom. The number of nitrogens with zero attached hydrogens (tertiary/aromatic N) is 2. The van der Waals surface area contributed by atoms with Crippen LogP contribution in [0.2, 0.25) is 0 Å². The number of hydrogen-bond acceptors (Lipinski definition) is 5. The molecule has 5 nitrogen and oxygen atoms in total. The Bertz CT molecular complexity index is 609. The summed E-state index contributed by atoms with van der Waals surface area (Å²) in [6.45, 7) is 7.03. The molecule has 0 atom stereocenters. The normalized spacial score (nSPS) is 10.7. The summed E-state index contributed by atoms with van der Waals surface area (Å²) in [6.07, 6.45) is 0.877. The van der Waals surface area contributed by atoms with Crippen molar-refractivity contribution >= 4 is 28.1 Å². The van der Waals surface area contributed by atoms with Gasteiger partial charge in [0.05, 0.1) is 5.56 Å². The lowest BCUT2D eigenvalue weighted by molar-refractivity contribution is 0.102. The minimum atomic E-state index is -0.168. The Labute approximate surface area is 128 Å². The fourth-order valence-corrected chi connectivity index (χ4v) is 2.87. The first-order valence-electron chi connectivity index (χ1n) is 7.06. The highest BCUT2D eigenvalue weighted by molar-refractivity contribution is 7.15. The number of para-hydroxylation sites is 1. The summed E-state index contributed by atoms with van der Waals surface area (Å²) in [5, 5.41) is 15.6. The van der Waals surface area contributed by atoms with Gasteiger partial charge in [0.25, 0.3) is 5.91 Å². The van der Waals surface area contributed by atoms with E-state index < -0.39 is 0 Å². The monoisotopic (exact) mass is 304 g/mol. The molecule has 2 N–H and O–H groups in total. The largest absolute Gasteiger partial charge is 0.385 e. The van der Waals surface area contributed by atoms with Gasteiger partial charge in [-0.2, -0.15) is 0 Å². The molecule has 112 valence electrons. The van der Waals surface area contributed by atoms with Gasteiger partial charge in [0, 0.05) is 18.7 Å². The maximum Gasteiger partial charge on any atom is 0.259 e. The highest BCUT2D eigenvalue weighted by atomic mass is 32.1. The number of rotatable bonds is 6. The average molecular weight is 304 g/mol. The van der Waals surface area contributed by atoms with Crippen molar-refractivity contribution < 1.29 is 4.79 Å². The Balaban J connectivity index is 2.09. The van der Waals surface area contributed by atoms with E-state index in [1.54, 1.807) is 6.07 Å². The van der Waals surface area contributed by atoms with Crippen LogP contribution in [0.15, 0.2) is 24.3 Å². The topological polar surface area (TPSA) is 66.9 Å². The molecule has 6 heteroatoms. The van der Waals surface area contributed by atoms with Crippen LogP contribution in [0.3, 0.4) is 0 Å². The van der Waals surface area contributed by atoms with Crippen molar-refractivity contribution in [2.24, 2.45) is 5.92 Å². The zero-order valence-electron chi connectivity index (χ0n) is 12.5. The molecule has 2 rings (SSSR count). The molecule has 0 radical (unpaired) electrons. The van der Waals surface area contributed by atoms with Gasteiger partial charge in [-0.05, 0) is 25.0 Å². The predicted molar refractivity (Wildman–Crippen MR) is 87.0 cm³/mol. The molecule has 21 heavy (non-hydrogen) atoms. The fourth-order valence-electron chi connectivity index (χ4n) is 1.93. The Morgan fingerprint density at radius 3 is 2.76 bits per heavy atom. The zero-order chi connectivity index (χ0) is 15.2. The molecule has 2 aromatic rings. The number of nitrogens with one attached hydrogen (secondary N) is 2. The molecule has 0 aliphatic heterocycles. The number of benzene rings is 1. The third kappa shape index (κ3) is 4.26. The quantitative estimate of drug-likeness (QED) is 0.858. The van der Waals surface area contributed by atoms with Gasteiger partial charge in [-0.1, -0.05) is 37.3 Å². The first-order chi connectivity index (χ1) is 10.1. The second-order valence-electron chi connectivity index (χ2n) is 5.13. The Kier molecular flexibility index (Phi) is 5.27. The molecule has 0 bridgehead atoms. The minimum Gasteiger partial charge on any atom is -0.385 e. The van der Waals surface area contributed by atoms with Gasteiger partial charge in [-0.25, -0.2) is 0 Å². The van der Waals surface area contributed by atoms with E-state index in [1.807, 2.05) is 25.1 Å². The first kappa shape index (κ1) is 15.4. The molecule has 0 unspecified atom stereocenters. The molecule has 0 spiro atoms. The van der Waals surface area contributed by atoms with Crippen molar-refractivity contribution in [3.05, 3.63) is 34.8 Å². The number of aromatic nitrogens is 2. The van der Waals surface area contributed by atoms with E-state index in [4.69, 9.17) is 0 Å². The van der Waals surface area contributed by atoms with E-state index in [-0.39, 0.29) is 5.91 Å². The fraction of sp³-hybridized carbons (Fsp3) is 0.400. The van der Waals surface area contributed by atoms with E-state index in [2.05, 4.69) is 34.7 Å². The maximum absolute atomic E-state index is 12.3. The van der Waals surface area contributed by atoms with Gasteiger partial charge in [-0.3, -0.25) is 10.1 Å². The van der Waals surface area contributed by atoms with Crippen LogP contribution >= 0.6 is 11.3 Å². The zero-order valence-corrected chi connectivity index (χ0v) is 13.3. The third-order valence-corrected chi connectivity index (χ3v) is 3.67. The summed E-state index contributed by atoms with van der Waals surface area (Å²) in [7, 11) is 0. The van der Waals surface area contributed by atoms with E-state index >= 15 is 0 Å². The molecule has 0 saturated heterocycles. The van der Waals surface area contributed by atoms with Crippen LogP contribution in [0.4, 0.5) is 10.8 Å². The summed E-state index contributed by atoms with van der Waals surface area (Å²) in [5.41, 5.74) is 1.43. The van der Waals surface area contributed by atoms with E-state index in [1.165, 1.54) is 11.3 Å². The Morgan fingerprint density at radius 2 is 2.05 bits per heavy atom. The first-order valence-corrected chi connectivity index (χ1v) is 7.88. The third-order valence-electron chi connectivity index (χ3n) is 2.81. The predicted octanol–water partition coefficient (Wildman–Crippen LogP) is 3.42. The summed E-state index contributed by atoms with van der Waals surface area (Å²) < 4.78 is 0. The SMILES string of the molecule is CCNc1ccccc1C(=O)Nc1nnc(CC(C)C)s1. The molecule has 0 aliphatic rings. The van der Waals surface area contributed by atoms with Crippen LogP contribution in [0.1, 0.15) is 36.1 Å². The van der Waals surface area contributed by atoms with Crippen molar-refractivity contribution in [3.8, 4) is 0 Å². The number of amides is 1. The van der Waals surface area contributed by atoms with Crippen LogP contribution in [0, 0.1) is 5.92 Å². The van der Waals surface area contributed by atoms with Crippen LogP contribution in [0.25, 0.3) is 0 Å². The molecule has 0 aliphatic carbocycles. The van der Waals surface area contributed by atoms with Crippen LogP contribution < -0.4 is 10.6 Å². The number of carbonyl (C=O) groups excluding carboxylic acids is 1. The molecule has 1 amide bonds. The number of anilines is 2. The smallest absolute Gasteiger partial charge is 0.259 e. The summed E-state index contributed by atoms with van der Waals surface area (Å²) in [6, 6.07) is 7.44. The van der Waals surface area contributed by atoms with Crippen molar-refractivity contribution in [2.45, 2.75) is 27.2 Å². The van der Waals surface area contributed by atoms with Gasteiger partial charge in [0.15, 0.2) is 0 Å². The number of carbonyl (C=O) groups is 1. The molecule has 1 aromatic carbocycles. The molecular weight excluding hydrogens is 284 g/mol. The Hall–Kier alpha value is -1.95. The molecule has 1 aromatic heterocycles. The van der Waals surface area contributed by atoms with E-state index in [0.717, 1.165) is 23.7 Å². The van der Waals surface area contributed by atoms with E-state index in [0.29, 0.717) is 16.6 Å².